The van der Waals surface area contributed by atoms with Crippen LogP contribution < -0.4 is 10.1 Å². The maximum Gasteiger partial charge on any atom is 0.416 e. The Morgan fingerprint density at radius 3 is 2.68 bits per heavy atom. The van der Waals surface area contributed by atoms with E-state index in [-0.39, 0.29) is 23.9 Å². The van der Waals surface area contributed by atoms with Gasteiger partial charge in [-0.3, -0.25) is 0 Å². The standard InChI is InChI=1S/C16H22F3NO2/c1-11(2)21-10-15(12-6-7-20-9-12)22-14-5-3-4-13(8-14)16(17,18)19/h3-5,8,11-12,15,20H,6-7,9-10H2,1-2H3/t12?,15-/m1/s1. The van der Waals surface area contributed by atoms with Crippen molar-refractivity contribution in [3.05, 3.63) is 29.8 Å². The zero-order valence-corrected chi connectivity index (χ0v) is 12.8. The highest BCUT2D eigenvalue weighted by atomic mass is 19.4. The molecule has 124 valence electrons. The monoisotopic (exact) mass is 317 g/mol. The Hall–Kier alpha value is -1.27. The van der Waals surface area contributed by atoms with Gasteiger partial charge in [0.15, 0.2) is 0 Å². The molecule has 6 heteroatoms. The van der Waals surface area contributed by atoms with Crippen molar-refractivity contribution in [2.75, 3.05) is 19.7 Å². The number of benzene rings is 1. The van der Waals surface area contributed by atoms with Crippen LogP contribution in [-0.4, -0.2) is 31.9 Å². The molecule has 1 unspecified atom stereocenters. The van der Waals surface area contributed by atoms with Crippen molar-refractivity contribution in [3.8, 4) is 5.75 Å². The Balaban J connectivity index is 2.08. The summed E-state index contributed by atoms with van der Waals surface area (Å²) in [7, 11) is 0. The van der Waals surface area contributed by atoms with Gasteiger partial charge < -0.3 is 14.8 Å². The first-order valence-electron chi connectivity index (χ1n) is 7.52. The first-order chi connectivity index (χ1) is 10.4. The maximum atomic E-state index is 12.8. The third-order valence-corrected chi connectivity index (χ3v) is 3.67. The van der Waals surface area contributed by atoms with Gasteiger partial charge in [-0.15, -0.1) is 0 Å². The number of nitrogens with one attached hydrogen (secondary N) is 1. The van der Waals surface area contributed by atoms with Gasteiger partial charge in [0.2, 0.25) is 0 Å². The SMILES string of the molecule is CC(C)OC[C@@H](Oc1cccc(C(F)(F)F)c1)C1CCNC1. The van der Waals surface area contributed by atoms with Crippen LogP contribution in [0.4, 0.5) is 13.2 Å². The Morgan fingerprint density at radius 1 is 1.32 bits per heavy atom. The van der Waals surface area contributed by atoms with Crippen LogP contribution in [0.15, 0.2) is 24.3 Å². The van der Waals surface area contributed by atoms with Crippen LogP contribution in [0.3, 0.4) is 0 Å². The van der Waals surface area contributed by atoms with Crippen LogP contribution >= 0.6 is 0 Å². The van der Waals surface area contributed by atoms with Gasteiger partial charge in [0.05, 0.1) is 18.3 Å². The van der Waals surface area contributed by atoms with Crippen LogP contribution in [0.1, 0.15) is 25.8 Å². The van der Waals surface area contributed by atoms with Gasteiger partial charge in [0.1, 0.15) is 11.9 Å². The fraction of sp³-hybridized carbons (Fsp3) is 0.625. The van der Waals surface area contributed by atoms with E-state index < -0.39 is 11.7 Å². The topological polar surface area (TPSA) is 30.5 Å². The summed E-state index contributed by atoms with van der Waals surface area (Å²) >= 11 is 0. The molecule has 0 aliphatic carbocycles. The van der Waals surface area contributed by atoms with E-state index in [1.807, 2.05) is 13.8 Å². The molecule has 1 heterocycles. The molecule has 1 saturated heterocycles. The third kappa shape index (κ3) is 4.88. The molecule has 1 aromatic carbocycles. The summed E-state index contributed by atoms with van der Waals surface area (Å²) in [5.74, 6) is 0.479. The molecule has 1 aliphatic rings. The molecule has 0 amide bonds. The molecule has 0 aromatic heterocycles. The number of halogens is 3. The quantitative estimate of drug-likeness (QED) is 0.871. The summed E-state index contributed by atoms with van der Waals surface area (Å²) in [5.41, 5.74) is -0.696. The second kappa shape index (κ2) is 7.33. The van der Waals surface area contributed by atoms with Crippen LogP contribution in [-0.2, 0) is 10.9 Å². The van der Waals surface area contributed by atoms with Crippen molar-refractivity contribution in [2.45, 2.75) is 38.7 Å². The second-order valence-electron chi connectivity index (χ2n) is 5.82. The number of rotatable bonds is 6. The minimum absolute atomic E-state index is 0.0574. The van der Waals surface area contributed by atoms with Crippen molar-refractivity contribution in [1.29, 1.82) is 0 Å². The molecule has 0 bridgehead atoms. The van der Waals surface area contributed by atoms with E-state index in [1.165, 1.54) is 6.07 Å². The van der Waals surface area contributed by atoms with Crippen molar-refractivity contribution < 1.29 is 22.6 Å². The first-order valence-corrected chi connectivity index (χ1v) is 7.52. The van der Waals surface area contributed by atoms with Gasteiger partial charge >= 0.3 is 6.18 Å². The smallest absolute Gasteiger partial charge is 0.416 e. The van der Waals surface area contributed by atoms with E-state index in [9.17, 15) is 13.2 Å². The van der Waals surface area contributed by atoms with E-state index in [2.05, 4.69) is 5.32 Å². The maximum absolute atomic E-state index is 12.8. The Labute approximate surface area is 128 Å². The summed E-state index contributed by atoms with van der Waals surface area (Å²) in [6.45, 7) is 5.92. The molecule has 1 aliphatic heterocycles. The van der Waals surface area contributed by atoms with Crippen LogP contribution in [0, 0.1) is 5.92 Å². The van der Waals surface area contributed by atoms with E-state index in [0.717, 1.165) is 31.6 Å². The molecule has 3 nitrogen and oxygen atoms in total. The third-order valence-electron chi connectivity index (χ3n) is 3.67. The van der Waals surface area contributed by atoms with E-state index in [1.54, 1.807) is 6.07 Å². The summed E-state index contributed by atoms with van der Waals surface area (Å²) in [6.07, 6.45) is -3.62. The average Bonchev–Trinajstić information content (AvgIpc) is 2.96. The summed E-state index contributed by atoms with van der Waals surface area (Å²) in [6, 6.07) is 5.01. The van der Waals surface area contributed by atoms with Crippen molar-refractivity contribution in [2.24, 2.45) is 5.92 Å². The van der Waals surface area contributed by atoms with E-state index in [4.69, 9.17) is 9.47 Å². The molecule has 1 N–H and O–H groups in total. The minimum atomic E-state index is -4.36. The Kier molecular flexibility index (Phi) is 5.69. The van der Waals surface area contributed by atoms with Gasteiger partial charge in [0, 0.05) is 12.5 Å². The molecule has 0 saturated carbocycles. The Morgan fingerprint density at radius 2 is 2.09 bits per heavy atom. The van der Waals surface area contributed by atoms with Crippen molar-refractivity contribution >= 4 is 0 Å². The van der Waals surface area contributed by atoms with Crippen molar-refractivity contribution in [1.82, 2.24) is 5.32 Å². The number of alkyl halides is 3. The summed E-state index contributed by atoms with van der Waals surface area (Å²) < 4.78 is 49.7. The molecular formula is C16H22F3NO2. The fourth-order valence-corrected chi connectivity index (χ4v) is 2.47. The van der Waals surface area contributed by atoms with Gasteiger partial charge in [-0.05, 0) is 45.0 Å². The zero-order chi connectivity index (χ0) is 16.2. The summed E-state index contributed by atoms with van der Waals surface area (Å²) in [5, 5.41) is 3.25. The highest BCUT2D eigenvalue weighted by molar-refractivity contribution is 5.30. The molecule has 0 spiro atoms. The minimum Gasteiger partial charge on any atom is -0.488 e. The van der Waals surface area contributed by atoms with Gasteiger partial charge in [0.25, 0.3) is 0 Å². The molecule has 2 atom stereocenters. The van der Waals surface area contributed by atoms with Crippen molar-refractivity contribution in [3.63, 3.8) is 0 Å². The lowest BCUT2D eigenvalue weighted by Gasteiger charge is -2.25. The van der Waals surface area contributed by atoms with E-state index in [0.29, 0.717) is 6.61 Å². The average molecular weight is 317 g/mol. The lowest BCUT2D eigenvalue weighted by molar-refractivity contribution is -0.137. The molecular weight excluding hydrogens is 295 g/mol. The number of hydrogen-bond acceptors (Lipinski definition) is 3. The predicted octanol–water partition coefficient (Wildman–Crippen LogP) is 3.49. The highest BCUT2D eigenvalue weighted by Gasteiger charge is 2.32. The van der Waals surface area contributed by atoms with Gasteiger partial charge in [-0.25, -0.2) is 0 Å². The lowest BCUT2D eigenvalue weighted by Crippen LogP contribution is -2.34. The number of hydrogen-bond donors (Lipinski definition) is 1. The second-order valence-corrected chi connectivity index (χ2v) is 5.82. The molecule has 1 aromatic rings. The molecule has 2 rings (SSSR count). The predicted molar refractivity (Wildman–Crippen MR) is 77.9 cm³/mol. The lowest BCUT2D eigenvalue weighted by atomic mass is 10.0. The molecule has 0 radical (unpaired) electrons. The largest absolute Gasteiger partial charge is 0.488 e. The van der Waals surface area contributed by atoms with Crippen LogP contribution in [0.25, 0.3) is 0 Å². The van der Waals surface area contributed by atoms with E-state index >= 15 is 0 Å². The van der Waals surface area contributed by atoms with Crippen LogP contribution in [0.2, 0.25) is 0 Å². The highest BCUT2D eigenvalue weighted by Crippen LogP contribution is 2.32. The normalized spacial score (nSPS) is 20.4. The first kappa shape index (κ1) is 17.1. The molecule has 22 heavy (non-hydrogen) atoms. The van der Waals surface area contributed by atoms with Gasteiger partial charge in [-0.2, -0.15) is 13.2 Å². The molecule has 1 fully saturated rings. The van der Waals surface area contributed by atoms with Gasteiger partial charge in [-0.1, -0.05) is 6.07 Å². The Bertz CT molecular complexity index is 471. The summed E-state index contributed by atoms with van der Waals surface area (Å²) in [4.78, 5) is 0. The van der Waals surface area contributed by atoms with Crippen LogP contribution in [0.5, 0.6) is 5.75 Å². The zero-order valence-electron chi connectivity index (χ0n) is 12.8. The fourth-order valence-electron chi connectivity index (χ4n) is 2.47. The number of ether oxygens (including phenoxy) is 2.